The van der Waals surface area contributed by atoms with Gasteiger partial charge in [0.15, 0.2) is 0 Å². The van der Waals surface area contributed by atoms with Gasteiger partial charge >= 0.3 is 0 Å². The Morgan fingerprint density at radius 3 is 2.65 bits per heavy atom. The number of aromatic hydroxyl groups is 1. The number of piperidine rings is 1. The summed E-state index contributed by atoms with van der Waals surface area (Å²) in [5, 5.41) is 13.3. The highest BCUT2D eigenvalue weighted by Crippen LogP contribution is 2.30. The quantitative estimate of drug-likeness (QED) is 0.850. The van der Waals surface area contributed by atoms with E-state index < -0.39 is 0 Å². The van der Waals surface area contributed by atoms with Crippen LogP contribution in [0.4, 0.5) is 0 Å². The maximum absolute atomic E-state index is 13.0. The van der Waals surface area contributed by atoms with Crippen LogP contribution in [-0.2, 0) is 17.6 Å². The molecule has 1 atom stereocenters. The summed E-state index contributed by atoms with van der Waals surface area (Å²) in [4.78, 5) is 26.5. The predicted molar refractivity (Wildman–Crippen MR) is 101 cm³/mol. The van der Waals surface area contributed by atoms with Gasteiger partial charge in [-0.2, -0.15) is 0 Å². The average molecular weight is 358 g/mol. The number of amides is 2. The van der Waals surface area contributed by atoms with E-state index in [0.717, 1.165) is 51.5 Å². The fourth-order valence-electron chi connectivity index (χ4n) is 4.10. The Morgan fingerprint density at radius 2 is 1.92 bits per heavy atom. The van der Waals surface area contributed by atoms with Crippen LogP contribution in [0.3, 0.4) is 0 Å². The summed E-state index contributed by atoms with van der Waals surface area (Å²) in [6, 6.07) is 3.69. The first-order valence-corrected chi connectivity index (χ1v) is 9.99. The summed E-state index contributed by atoms with van der Waals surface area (Å²) in [5.41, 5.74) is 2.82. The van der Waals surface area contributed by atoms with E-state index in [-0.39, 0.29) is 23.5 Å². The van der Waals surface area contributed by atoms with Crippen molar-refractivity contribution in [3.05, 3.63) is 28.8 Å². The minimum Gasteiger partial charge on any atom is -0.507 e. The number of rotatable bonds is 5. The smallest absolute Gasteiger partial charge is 0.257 e. The maximum Gasteiger partial charge on any atom is 0.257 e. The Bertz CT molecular complexity index is 671. The number of carbonyl (C=O) groups is 2. The molecule has 0 radical (unpaired) electrons. The van der Waals surface area contributed by atoms with E-state index in [1.165, 1.54) is 11.1 Å². The lowest BCUT2D eigenvalue weighted by atomic mass is 9.89. The second-order valence-electron chi connectivity index (χ2n) is 7.66. The zero-order valence-corrected chi connectivity index (χ0v) is 15.7. The van der Waals surface area contributed by atoms with Gasteiger partial charge in [0, 0.05) is 26.1 Å². The molecule has 142 valence electrons. The molecule has 1 aliphatic heterocycles. The molecule has 2 N–H and O–H groups in total. The van der Waals surface area contributed by atoms with Gasteiger partial charge in [0.1, 0.15) is 5.75 Å². The molecule has 0 saturated carbocycles. The van der Waals surface area contributed by atoms with E-state index in [9.17, 15) is 14.7 Å². The van der Waals surface area contributed by atoms with Gasteiger partial charge in [-0.3, -0.25) is 9.59 Å². The number of nitrogens with zero attached hydrogens (tertiary/aromatic N) is 1. The summed E-state index contributed by atoms with van der Waals surface area (Å²) in [6.07, 6.45) is 7.63. The van der Waals surface area contributed by atoms with E-state index in [0.29, 0.717) is 25.1 Å². The van der Waals surface area contributed by atoms with Gasteiger partial charge in [-0.25, -0.2) is 0 Å². The number of aryl methyl sites for hydroxylation is 2. The molecule has 1 aromatic rings. The van der Waals surface area contributed by atoms with Crippen molar-refractivity contribution in [2.75, 3.05) is 19.6 Å². The van der Waals surface area contributed by atoms with Gasteiger partial charge in [0.25, 0.3) is 5.91 Å². The molecule has 26 heavy (non-hydrogen) atoms. The Balaban J connectivity index is 1.65. The van der Waals surface area contributed by atoms with Crippen LogP contribution >= 0.6 is 0 Å². The molecule has 1 aliphatic carbocycles. The highest BCUT2D eigenvalue weighted by molar-refractivity contribution is 5.97. The molecule has 0 unspecified atom stereocenters. The zero-order valence-electron chi connectivity index (χ0n) is 15.7. The Morgan fingerprint density at radius 1 is 1.19 bits per heavy atom. The molecule has 0 bridgehead atoms. The first-order valence-electron chi connectivity index (χ1n) is 9.99. The minimum atomic E-state index is -0.0829. The van der Waals surface area contributed by atoms with Crippen LogP contribution < -0.4 is 5.32 Å². The van der Waals surface area contributed by atoms with Crippen LogP contribution in [0.1, 0.15) is 66.9 Å². The summed E-state index contributed by atoms with van der Waals surface area (Å²) in [6.45, 7) is 3.97. The molecule has 0 spiro atoms. The second kappa shape index (κ2) is 8.56. The molecular formula is C21H30N2O3. The zero-order chi connectivity index (χ0) is 18.5. The molecule has 1 fully saturated rings. The molecule has 1 saturated heterocycles. The lowest BCUT2D eigenvalue weighted by molar-refractivity contribution is -0.121. The second-order valence-corrected chi connectivity index (χ2v) is 7.66. The lowest BCUT2D eigenvalue weighted by Crippen LogP contribution is -2.43. The number of likely N-dealkylation sites (tertiary alicyclic amines) is 1. The van der Waals surface area contributed by atoms with Crippen LogP contribution in [0.5, 0.6) is 5.75 Å². The highest BCUT2D eigenvalue weighted by atomic mass is 16.3. The third-order valence-electron chi connectivity index (χ3n) is 5.56. The molecule has 2 amide bonds. The molecule has 3 rings (SSSR count). The van der Waals surface area contributed by atoms with Crippen molar-refractivity contribution in [3.8, 4) is 5.75 Å². The SMILES string of the molecule is CCCC(=O)NC[C@@H]1CCCN(C(=O)c2cc3c(cc2O)CCCC3)C1. The molecule has 5 heteroatoms. The Hall–Kier alpha value is -2.04. The first kappa shape index (κ1) is 18.7. The molecule has 0 aromatic heterocycles. The van der Waals surface area contributed by atoms with Gasteiger partial charge in [-0.05, 0) is 74.1 Å². The third kappa shape index (κ3) is 4.37. The average Bonchev–Trinajstić information content (AvgIpc) is 2.66. The van der Waals surface area contributed by atoms with Crippen molar-refractivity contribution in [2.45, 2.75) is 58.3 Å². The Kier molecular flexibility index (Phi) is 6.17. The summed E-state index contributed by atoms with van der Waals surface area (Å²) in [7, 11) is 0. The molecule has 1 heterocycles. The van der Waals surface area contributed by atoms with Gasteiger partial charge in [-0.15, -0.1) is 0 Å². The van der Waals surface area contributed by atoms with Crippen LogP contribution in [0.15, 0.2) is 12.1 Å². The van der Waals surface area contributed by atoms with Crippen molar-refractivity contribution in [1.82, 2.24) is 10.2 Å². The van der Waals surface area contributed by atoms with E-state index >= 15 is 0 Å². The first-order chi connectivity index (χ1) is 12.6. The topological polar surface area (TPSA) is 69.6 Å². The normalized spacial score (nSPS) is 19.7. The molecular weight excluding hydrogens is 328 g/mol. The van der Waals surface area contributed by atoms with Gasteiger partial charge in [0.05, 0.1) is 5.56 Å². The summed E-state index contributed by atoms with van der Waals surface area (Å²) in [5.74, 6) is 0.394. The van der Waals surface area contributed by atoms with Crippen LogP contribution in [0, 0.1) is 5.92 Å². The van der Waals surface area contributed by atoms with Gasteiger partial charge in [-0.1, -0.05) is 6.92 Å². The van der Waals surface area contributed by atoms with Crippen LogP contribution in [0.25, 0.3) is 0 Å². The number of nitrogens with one attached hydrogen (secondary N) is 1. The number of carbonyl (C=O) groups excluding carboxylic acids is 2. The third-order valence-corrected chi connectivity index (χ3v) is 5.56. The number of phenolic OH excluding ortho intramolecular Hbond substituents is 1. The highest BCUT2D eigenvalue weighted by Gasteiger charge is 2.27. The van der Waals surface area contributed by atoms with E-state index in [4.69, 9.17) is 0 Å². The molecule has 5 nitrogen and oxygen atoms in total. The number of phenols is 1. The largest absolute Gasteiger partial charge is 0.507 e. The maximum atomic E-state index is 13.0. The predicted octanol–water partition coefficient (Wildman–Crippen LogP) is 3.04. The summed E-state index contributed by atoms with van der Waals surface area (Å²) >= 11 is 0. The number of hydrogen-bond acceptors (Lipinski definition) is 3. The standard InChI is InChI=1S/C21H30N2O3/c1-2-6-20(25)22-13-15-7-5-10-23(14-15)21(26)18-11-16-8-3-4-9-17(16)12-19(18)24/h11-12,15,24H,2-10,13-14H2,1H3,(H,22,25)/t15-/m0/s1. The van der Waals surface area contributed by atoms with Crippen LogP contribution in [0.2, 0.25) is 0 Å². The molecule has 2 aliphatic rings. The van der Waals surface area contributed by atoms with E-state index in [2.05, 4.69) is 5.32 Å². The summed E-state index contributed by atoms with van der Waals surface area (Å²) < 4.78 is 0. The van der Waals surface area contributed by atoms with Crippen molar-refractivity contribution >= 4 is 11.8 Å². The van der Waals surface area contributed by atoms with Crippen molar-refractivity contribution in [1.29, 1.82) is 0 Å². The minimum absolute atomic E-state index is 0.0829. The van der Waals surface area contributed by atoms with Crippen molar-refractivity contribution < 1.29 is 14.7 Å². The van der Waals surface area contributed by atoms with Crippen molar-refractivity contribution in [3.63, 3.8) is 0 Å². The van der Waals surface area contributed by atoms with Gasteiger partial charge in [0.2, 0.25) is 5.91 Å². The van der Waals surface area contributed by atoms with E-state index in [1.807, 2.05) is 17.9 Å². The number of fused-ring (bicyclic) bond motifs is 1. The number of benzene rings is 1. The fraction of sp³-hybridized carbons (Fsp3) is 0.619. The Labute approximate surface area is 155 Å². The molecule has 1 aromatic carbocycles. The number of hydrogen-bond donors (Lipinski definition) is 2. The monoisotopic (exact) mass is 358 g/mol. The fourth-order valence-corrected chi connectivity index (χ4v) is 4.10. The van der Waals surface area contributed by atoms with E-state index in [1.54, 1.807) is 6.07 Å². The van der Waals surface area contributed by atoms with Gasteiger partial charge < -0.3 is 15.3 Å². The van der Waals surface area contributed by atoms with Crippen molar-refractivity contribution in [2.24, 2.45) is 5.92 Å². The lowest BCUT2D eigenvalue weighted by Gasteiger charge is -2.33. The van der Waals surface area contributed by atoms with Crippen LogP contribution in [-0.4, -0.2) is 41.5 Å².